The minimum Gasteiger partial charge on any atom is -0.497 e. The van der Waals surface area contributed by atoms with Crippen LogP contribution in [0.25, 0.3) is 0 Å². The van der Waals surface area contributed by atoms with Gasteiger partial charge in [-0.3, -0.25) is 0 Å². The van der Waals surface area contributed by atoms with Crippen LogP contribution in [0.3, 0.4) is 0 Å². The van der Waals surface area contributed by atoms with E-state index in [4.69, 9.17) is 4.74 Å². The molecule has 0 aliphatic heterocycles. The molecule has 0 aliphatic carbocycles. The highest BCUT2D eigenvalue weighted by Crippen LogP contribution is 2.07. The molecule has 2 heteroatoms. The van der Waals surface area contributed by atoms with Gasteiger partial charge in [0.05, 0.1) is 7.11 Å². The Kier molecular flexibility index (Phi) is 5.25. The molecule has 19 heavy (non-hydrogen) atoms. The van der Waals surface area contributed by atoms with E-state index < -0.39 is 0 Å². The van der Waals surface area contributed by atoms with Crippen LogP contribution >= 0.6 is 0 Å². The zero-order valence-electron chi connectivity index (χ0n) is 11.7. The van der Waals surface area contributed by atoms with E-state index in [2.05, 4.69) is 50.2 Å². The van der Waals surface area contributed by atoms with Crippen molar-refractivity contribution in [2.24, 2.45) is 5.92 Å². The van der Waals surface area contributed by atoms with Crippen LogP contribution in [0.4, 0.5) is 0 Å². The van der Waals surface area contributed by atoms with Gasteiger partial charge < -0.3 is 4.74 Å². The van der Waals surface area contributed by atoms with E-state index in [1.807, 2.05) is 12.1 Å². The summed E-state index contributed by atoms with van der Waals surface area (Å²) in [5, 5.41) is 0. The number of hydrogen-bond donors (Lipinski definition) is 0. The minimum absolute atomic E-state index is 0.0788. The van der Waals surface area contributed by atoms with Crippen molar-refractivity contribution in [2.75, 3.05) is 7.11 Å². The zero-order chi connectivity index (χ0) is 13.7. The predicted octanol–water partition coefficient (Wildman–Crippen LogP) is 1.02. The third-order valence-electron chi connectivity index (χ3n) is 2.82. The highest BCUT2D eigenvalue weighted by molar-refractivity contribution is 5.20. The highest BCUT2D eigenvalue weighted by atomic mass is 127. The molecule has 0 spiro atoms. The van der Waals surface area contributed by atoms with Gasteiger partial charge in [-0.2, -0.15) is 0 Å². The van der Waals surface area contributed by atoms with Gasteiger partial charge in [0, 0.05) is 0 Å². The summed E-state index contributed by atoms with van der Waals surface area (Å²) < 4.78 is 8.08. The number of ether oxygens (including phenoxy) is 1. The Hall–Kier alpha value is -1.03. The van der Waals surface area contributed by atoms with Crippen LogP contribution in [0.2, 0.25) is 0 Å². The number of hydrogen-bond acceptors (Lipinski definition) is 1. The molecule has 100 valence electrons. The van der Waals surface area contributed by atoms with Crippen LogP contribution < -0.4 is 25.9 Å². The molecular weight excluding hydrogens is 347 g/mol. The molecule has 0 saturated carbocycles. The second-order valence-electron chi connectivity index (χ2n) is 4.98. The molecule has 0 radical (unpaired) electrons. The average Bonchev–Trinajstić information content (AvgIpc) is 2.41. The van der Waals surface area contributed by atoms with Crippen LogP contribution in [0.1, 0.15) is 19.4 Å². The fraction of sp³-hybridized carbons (Fsp3) is 0.294. The maximum absolute atomic E-state index is 5.18. The lowest BCUT2D eigenvalue weighted by Crippen LogP contribution is -3.61. The van der Waals surface area contributed by atoms with Crippen molar-refractivity contribution < 1.29 is 25.9 Å². The fourth-order valence-electron chi connectivity index (χ4n) is 1.91. The van der Waals surface area contributed by atoms with Crippen LogP contribution in [-0.2, 0) is 6.42 Å². The van der Waals surface area contributed by atoms with Gasteiger partial charge >= 0.3 is 21.2 Å². The van der Waals surface area contributed by atoms with Crippen molar-refractivity contribution >= 4 is 0 Å². The Labute approximate surface area is 126 Å². The molecule has 1 nitrogen and oxygen atoms in total. The summed E-state index contributed by atoms with van der Waals surface area (Å²) in [6, 6.07) is 17.6. The molecular formula is C17H20IO+. The third kappa shape index (κ3) is 4.53. The van der Waals surface area contributed by atoms with Gasteiger partial charge in [-0.25, -0.2) is 0 Å². The third-order valence-corrected chi connectivity index (χ3v) is 5.51. The topological polar surface area (TPSA) is 9.23 Å². The summed E-state index contributed by atoms with van der Waals surface area (Å²) >= 11 is -0.0788. The fourth-order valence-corrected chi connectivity index (χ4v) is 4.07. The zero-order valence-corrected chi connectivity index (χ0v) is 13.8. The van der Waals surface area contributed by atoms with Gasteiger partial charge in [-0.15, -0.1) is 0 Å². The second-order valence-corrected chi connectivity index (χ2v) is 8.01. The molecule has 0 saturated heterocycles. The first-order valence-corrected chi connectivity index (χ1v) is 8.71. The molecule has 0 fully saturated rings. The Bertz CT molecular complexity index is 500. The Morgan fingerprint density at radius 3 is 1.89 bits per heavy atom. The average molecular weight is 367 g/mol. The normalized spacial score (nSPS) is 10.7. The molecule has 0 heterocycles. The van der Waals surface area contributed by atoms with E-state index in [0.29, 0.717) is 0 Å². The van der Waals surface area contributed by atoms with Crippen molar-refractivity contribution in [3.05, 3.63) is 61.2 Å². The van der Waals surface area contributed by atoms with Gasteiger partial charge in [0.25, 0.3) is 0 Å². The lowest BCUT2D eigenvalue weighted by molar-refractivity contribution is -0.597. The molecule has 0 amide bonds. The van der Waals surface area contributed by atoms with E-state index in [1.54, 1.807) is 7.11 Å². The van der Waals surface area contributed by atoms with Crippen molar-refractivity contribution in [1.29, 1.82) is 0 Å². The summed E-state index contributed by atoms with van der Waals surface area (Å²) in [6.45, 7) is 4.52. The molecule has 0 aromatic heterocycles. The van der Waals surface area contributed by atoms with Gasteiger partial charge in [-0.05, 0) is 54.3 Å². The van der Waals surface area contributed by atoms with Crippen LogP contribution in [0.5, 0.6) is 5.75 Å². The van der Waals surface area contributed by atoms with E-state index in [1.165, 1.54) is 19.1 Å². The highest BCUT2D eigenvalue weighted by Gasteiger charge is 2.15. The monoisotopic (exact) mass is 367 g/mol. The lowest BCUT2D eigenvalue weighted by Gasteiger charge is -2.03. The predicted molar refractivity (Wildman–Crippen MR) is 75.4 cm³/mol. The minimum atomic E-state index is -0.0788. The molecule has 0 bridgehead atoms. The van der Waals surface area contributed by atoms with Crippen molar-refractivity contribution in [1.82, 2.24) is 0 Å². The Morgan fingerprint density at radius 1 is 0.895 bits per heavy atom. The Balaban J connectivity index is 2.02. The molecule has 2 rings (SSSR count). The summed E-state index contributed by atoms with van der Waals surface area (Å²) in [7, 11) is 1.71. The SMILES string of the molecule is COc1ccc([I+]c2ccc(CC(C)C)cc2)cc1. The van der Waals surface area contributed by atoms with Crippen LogP contribution in [0.15, 0.2) is 48.5 Å². The summed E-state index contributed by atoms with van der Waals surface area (Å²) in [4.78, 5) is 0. The molecule has 2 aromatic rings. The quantitative estimate of drug-likeness (QED) is 0.718. The lowest BCUT2D eigenvalue weighted by atomic mass is 10.0. The van der Waals surface area contributed by atoms with E-state index in [-0.39, 0.29) is 21.2 Å². The maximum Gasteiger partial charge on any atom is 0.357 e. The van der Waals surface area contributed by atoms with Crippen molar-refractivity contribution in [3.8, 4) is 5.75 Å². The van der Waals surface area contributed by atoms with Gasteiger partial charge in [0.15, 0.2) is 7.14 Å². The summed E-state index contributed by atoms with van der Waals surface area (Å²) in [6.07, 6.45) is 1.17. The standard InChI is InChI=1S/C17H20IO/c1-13(2)12-14-4-6-15(7-5-14)18-16-8-10-17(19-3)11-9-16/h4-11,13H,12H2,1-3H3/q+1. The van der Waals surface area contributed by atoms with E-state index >= 15 is 0 Å². The van der Waals surface area contributed by atoms with E-state index in [9.17, 15) is 0 Å². The maximum atomic E-state index is 5.18. The molecule has 0 N–H and O–H groups in total. The molecule has 2 aromatic carbocycles. The second kappa shape index (κ2) is 6.94. The smallest absolute Gasteiger partial charge is 0.357 e. The number of benzene rings is 2. The number of methoxy groups -OCH3 is 1. The van der Waals surface area contributed by atoms with Gasteiger partial charge in [-0.1, -0.05) is 26.0 Å². The van der Waals surface area contributed by atoms with Gasteiger partial charge in [0.1, 0.15) is 5.75 Å². The van der Waals surface area contributed by atoms with Crippen molar-refractivity contribution in [3.63, 3.8) is 0 Å². The number of halogens is 1. The van der Waals surface area contributed by atoms with Gasteiger partial charge in [0.2, 0.25) is 0 Å². The molecule has 0 unspecified atom stereocenters. The first-order valence-electron chi connectivity index (χ1n) is 6.55. The first kappa shape index (κ1) is 14.4. The van der Waals surface area contributed by atoms with Crippen molar-refractivity contribution in [2.45, 2.75) is 20.3 Å². The number of rotatable bonds is 5. The first-order chi connectivity index (χ1) is 9.17. The molecule has 0 atom stereocenters. The van der Waals surface area contributed by atoms with Crippen LogP contribution in [-0.4, -0.2) is 7.11 Å². The summed E-state index contributed by atoms with van der Waals surface area (Å²) in [5.74, 6) is 1.65. The van der Waals surface area contributed by atoms with Crippen LogP contribution in [0, 0.1) is 13.1 Å². The largest absolute Gasteiger partial charge is 0.497 e. The summed E-state index contributed by atoms with van der Waals surface area (Å²) in [5.41, 5.74) is 1.44. The Morgan fingerprint density at radius 2 is 1.42 bits per heavy atom. The molecule has 0 aliphatic rings. The van der Waals surface area contributed by atoms with E-state index in [0.717, 1.165) is 11.7 Å².